The molecule has 1 aliphatic heterocycles. The smallest absolute Gasteiger partial charge is 0.586 e. The summed E-state index contributed by atoms with van der Waals surface area (Å²) in [4.78, 5) is 9.12. The lowest BCUT2D eigenvalue weighted by Crippen LogP contribution is -2.25. The van der Waals surface area contributed by atoms with E-state index in [1.54, 1.807) is 0 Å². The number of anilines is 1. The topological polar surface area (TPSA) is 73.4 Å². The number of hydrogen-bond acceptors (Lipinski definition) is 5. The highest BCUT2D eigenvalue weighted by molar-refractivity contribution is 7.90. The Kier molecular flexibility index (Phi) is 3.92. The van der Waals surface area contributed by atoms with Crippen LogP contribution in [0.1, 0.15) is 5.56 Å². The molecule has 1 unspecified atom stereocenters. The van der Waals surface area contributed by atoms with Crippen LogP contribution in [-0.4, -0.2) is 34.9 Å². The molecule has 1 atom stereocenters. The van der Waals surface area contributed by atoms with Gasteiger partial charge in [0.2, 0.25) is 0 Å². The number of fused-ring (bicyclic) bond motifs is 2. The van der Waals surface area contributed by atoms with E-state index in [-0.39, 0.29) is 22.4 Å². The van der Waals surface area contributed by atoms with Crippen molar-refractivity contribution in [2.75, 3.05) is 19.0 Å². The van der Waals surface area contributed by atoms with Crippen LogP contribution in [0.5, 0.6) is 11.5 Å². The molecule has 0 radical (unpaired) electrons. The Morgan fingerprint density at radius 1 is 1.19 bits per heavy atom. The van der Waals surface area contributed by atoms with Crippen LogP contribution in [-0.2, 0) is 16.9 Å². The number of nitrogens with one attached hydrogen (secondary N) is 1. The molecule has 2 aromatic carbocycles. The van der Waals surface area contributed by atoms with Gasteiger partial charge in [-0.05, 0) is 6.07 Å². The first kappa shape index (κ1) is 16.9. The highest BCUT2D eigenvalue weighted by Crippen LogP contribution is 2.43. The van der Waals surface area contributed by atoms with Gasteiger partial charge in [0.1, 0.15) is 5.75 Å². The molecule has 0 spiro atoms. The van der Waals surface area contributed by atoms with E-state index in [0.29, 0.717) is 11.0 Å². The summed E-state index contributed by atoms with van der Waals surface area (Å²) in [7, 11) is 3.83. The van der Waals surface area contributed by atoms with Gasteiger partial charge in [-0.25, -0.2) is 0 Å². The molecule has 4 rings (SSSR count). The number of halogens is 2. The lowest BCUT2D eigenvalue weighted by Gasteiger charge is -2.17. The second-order valence-electron chi connectivity index (χ2n) is 6.04. The van der Waals surface area contributed by atoms with Crippen LogP contribution in [0.3, 0.4) is 0 Å². The zero-order valence-corrected chi connectivity index (χ0v) is 14.8. The first-order valence-corrected chi connectivity index (χ1v) is 9.07. The minimum absolute atomic E-state index is 0.0820. The monoisotopic (exact) mass is 379 g/mol. The van der Waals surface area contributed by atoms with E-state index >= 15 is 0 Å². The molecule has 0 aliphatic carbocycles. The van der Waals surface area contributed by atoms with Gasteiger partial charge in [0.05, 0.1) is 11.0 Å². The summed E-state index contributed by atoms with van der Waals surface area (Å²) in [6, 6.07) is 10.4. The first-order chi connectivity index (χ1) is 12.3. The van der Waals surface area contributed by atoms with Gasteiger partial charge in [0.25, 0.3) is 0 Å². The van der Waals surface area contributed by atoms with E-state index < -0.39 is 17.5 Å². The molecular formula is C17H15F2N3O3S. The van der Waals surface area contributed by atoms with Gasteiger partial charge >= 0.3 is 11.5 Å². The summed E-state index contributed by atoms with van der Waals surface area (Å²) in [5.74, 6) is 0.101. The highest BCUT2D eigenvalue weighted by Gasteiger charge is 2.43. The number of H-pyrrole nitrogens is 1. The van der Waals surface area contributed by atoms with Crippen LogP contribution in [0, 0.1) is 0 Å². The third-order valence-corrected chi connectivity index (χ3v) is 5.16. The summed E-state index contributed by atoms with van der Waals surface area (Å²) in [6.45, 7) is 0. The largest absolute Gasteiger partial charge is 0.609 e. The summed E-state index contributed by atoms with van der Waals surface area (Å²) < 4.78 is 47.8. The second kappa shape index (κ2) is 6.03. The van der Waals surface area contributed by atoms with Gasteiger partial charge in [-0.3, -0.25) is 4.98 Å². The number of rotatable bonds is 4. The zero-order valence-electron chi connectivity index (χ0n) is 14.0. The predicted octanol–water partition coefficient (Wildman–Crippen LogP) is 3.26. The molecule has 2 heterocycles. The van der Waals surface area contributed by atoms with E-state index in [2.05, 4.69) is 19.4 Å². The Bertz CT molecular complexity index is 932. The van der Waals surface area contributed by atoms with Gasteiger partial charge in [0.15, 0.2) is 11.5 Å². The van der Waals surface area contributed by atoms with Crippen molar-refractivity contribution in [1.29, 1.82) is 0 Å². The number of nitrogens with zero attached hydrogens (tertiary/aromatic N) is 2. The van der Waals surface area contributed by atoms with Crippen LogP contribution in [0.2, 0.25) is 0 Å². The molecule has 1 aliphatic rings. The summed E-state index contributed by atoms with van der Waals surface area (Å²) in [5.41, 5.74) is 2.73. The number of benzene rings is 2. The number of ether oxygens (including phenoxy) is 2. The van der Waals surface area contributed by atoms with Crippen LogP contribution < -0.4 is 14.4 Å². The van der Waals surface area contributed by atoms with E-state index in [9.17, 15) is 13.3 Å². The first-order valence-electron chi connectivity index (χ1n) is 7.75. The van der Waals surface area contributed by atoms with Crippen molar-refractivity contribution in [3.05, 3.63) is 42.0 Å². The number of aromatic amines is 1. The van der Waals surface area contributed by atoms with Crippen molar-refractivity contribution in [2.24, 2.45) is 0 Å². The lowest BCUT2D eigenvalue weighted by atomic mass is 10.2. The SMILES string of the molecule is CN(C)c1ccccc1C[S+]([O-])c1nc2cc3c(cc2[nH]1)OC(F)(F)O3. The number of aromatic nitrogens is 2. The van der Waals surface area contributed by atoms with Gasteiger partial charge in [-0.1, -0.05) is 18.2 Å². The molecule has 0 saturated heterocycles. The normalized spacial score (nSPS) is 16.0. The maximum atomic E-state index is 13.1. The van der Waals surface area contributed by atoms with Crippen LogP contribution in [0.4, 0.5) is 14.5 Å². The molecule has 26 heavy (non-hydrogen) atoms. The second-order valence-corrected chi connectivity index (χ2v) is 7.40. The molecule has 0 saturated carbocycles. The molecule has 9 heteroatoms. The average molecular weight is 379 g/mol. The number of hydrogen-bond donors (Lipinski definition) is 1. The molecule has 0 fully saturated rings. The molecule has 136 valence electrons. The molecule has 0 amide bonds. The standard InChI is InChI=1S/C17H15F2N3O3S/c1-22(2)13-6-4-3-5-10(13)9-26(23)16-20-11-7-14-15(8-12(11)21-16)25-17(18,19)24-14/h3-8H,9H2,1-2H3,(H,20,21). The summed E-state index contributed by atoms with van der Waals surface area (Å²) in [5, 5.41) is 0.268. The third-order valence-electron chi connectivity index (χ3n) is 3.96. The molecule has 6 nitrogen and oxygen atoms in total. The average Bonchev–Trinajstić information content (AvgIpc) is 3.10. The Morgan fingerprint density at radius 3 is 2.62 bits per heavy atom. The molecule has 3 aromatic rings. The number of para-hydroxylation sites is 1. The van der Waals surface area contributed by atoms with Crippen molar-refractivity contribution >= 4 is 27.9 Å². The molecule has 1 N–H and O–H groups in total. The van der Waals surface area contributed by atoms with Gasteiger partial charge in [0, 0.05) is 48.7 Å². The molecule has 1 aromatic heterocycles. The van der Waals surface area contributed by atoms with E-state index in [0.717, 1.165) is 11.3 Å². The Morgan fingerprint density at radius 2 is 1.88 bits per heavy atom. The van der Waals surface area contributed by atoms with Crippen molar-refractivity contribution < 1.29 is 22.8 Å². The Labute approximate surface area is 150 Å². The fourth-order valence-electron chi connectivity index (χ4n) is 2.82. The van der Waals surface area contributed by atoms with E-state index in [1.165, 1.54) is 12.1 Å². The quantitative estimate of drug-likeness (QED) is 0.705. The van der Waals surface area contributed by atoms with Crippen molar-refractivity contribution in [3.8, 4) is 11.5 Å². The van der Waals surface area contributed by atoms with Crippen molar-refractivity contribution in [3.63, 3.8) is 0 Å². The van der Waals surface area contributed by atoms with Gasteiger partial charge in [-0.2, -0.15) is 4.98 Å². The van der Waals surface area contributed by atoms with Crippen molar-refractivity contribution in [1.82, 2.24) is 9.97 Å². The van der Waals surface area contributed by atoms with Crippen molar-refractivity contribution in [2.45, 2.75) is 17.2 Å². The fraction of sp³-hybridized carbons (Fsp3) is 0.235. The fourth-order valence-corrected chi connectivity index (χ4v) is 3.90. The van der Waals surface area contributed by atoms with E-state index in [1.807, 2.05) is 43.3 Å². The number of alkyl halides is 2. The maximum Gasteiger partial charge on any atom is 0.586 e. The zero-order chi connectivity index (χ0) is 18.5. The van der Waals surface area contributed by atoms with Crippen LogP contribution in [0.15, 0.2) is 41.6 Å². The van der Waals surface area contributed by atoms with Gasteiger partial charge in [-0.15, -0.1) is 8.78 Å². The Balaban J connectivity index is 1.62. The molecular weight excluding hydrogens is 364 g/mol. The predicted molar refractivity (Wildman–Crippen MR) is 93.2 cm³/mol. The summed E-state index contributed by atoms with van der Waals surface area (Å²) in [6.07, 6.45) is -3.68. The summed E-state index contributed by atoms with van der Waals surface area (Å²) >= 11 is -1.43. The van der Waals surface area contributed by atoms with Crippen LogP contribution >= 0.6 is 0 Å². The lowest BCUT2D eigenvalue weighted by molar-refractivity contribution is -0.286. The highest BCUT2D eigenvalue weighted by atomic mass is 32.2. The van der Waals surface area contributed by atoms with Crippen LogP contribution in [0.25, 0.3) is 11.0 Å². The molecule has 0 bridgehead atoms. The minimum Gasteiger partial charge on any atom is -0.609 e. The minimum atomic E-state index is -3.68. The third kappa shape index (κ3) is 3.04. The Hall–Kier alpha value is -2.52. The maximum absolute atomic E-state index is 13.1. The van der Waals surface area contributed by atoms with E-state index in [4.69, 9.17) is 0 Å². The number of imidazole rings is 1. The van der Waals surface area contributed by atoms with Gasteiger partial charge < -0.3 is 18.9 Å².